The van der Waals surface area contributed by atoms with Crippen molar-refractivity contribution >= 4 is 0 Å². The van der Waals surface area contributed by atoms with Crippen LogP contribution < -0.4 is 10.5 Å². The Labute approximate surface area is 86.8 Å². The van der Waals surface area contributed by atoms with Crippen LogP contribution in [0, 0.1) is 0 Å². The van der Waals surface area contributed by atoms with Crippen LogP contribution in [0.3, 0.4) is 0 Å². The van der Waals surface area contributed by atoms with Gasteiger partial charge in [-0.2, -0.15) is 0 Å². The summed E-state index contributed by atoms with van der Waals surface area (Å²) in [5.41, 5.74) is 6.02. The lowest BCUT2D eigenvalue weighted by atomic mass is 10.2. The molecule has 0 aliphatic carbocycles. The molecule has 0 saturated carbocycles. The highest BCUT2D eigenvalue weighted by Crippen LogP contribution is 2.22. The number of rotatable bonds is 2. The Morgan fingerprint density at radius 3 is 1.93 bits per heavy atom. The maximum atomic E-state index is 11.7. The molecule has 0 aliphatic rings. The number of ether oxygens (including phenoxy) is 1. The zero-order chi connectivity index (χ0) is 11.9. The fourth-order valence-corrected chi connectivity index (χ4v) is 0.827. The zero-order valence-electron chi connectivity index (χ0n) is 8.64. The average molecular weight is 221 g/mol. The first-order chi connectivity index (χ1) is 7.01. The third kappa shape index (κ3) is 5.96. The van der Waals surface area contributed by atoms with E-state index in [0.717, 1.165) is 5.56 Å². The van der Waals surface area contributed by atoms with Gasteiger partial charge in [0.1, 0.15) is 5.75 Å². The first-order valence-electron chi connectivity index (χ1n) is 4.56. The highest BCUT2D eigenvalue weighted by molar-refractivity contribution is 5.27. The van der Waals surface area contributed by atoms with Gasteiger partial charge in [0.15, 0.2) is 0 Å². The van der Waals surface area contributed by atoms with Crippen LogP contribution in [0.2, 0.25) is 0 Å². The summed E-state index contributed by atoms with van der Waals surface area (Å²) < 4.78 is 38.7. The van der Waals surface area contributed by atoms with E-state index in [0.29, 0.717) is 6.54 Å². The topological polar surface area (TPSA) is 35.2 Å². The van der Waals surface area contributed by atoms with Crippen LogP contribution in [0.1, 0.15) is 19.4 Å². The van der Waals surface area contributed by atoms with Crippen LogP contribution in [0.15, 0.2) is 24.3 Å². The van der Waals surface area contributed by atoms with Crippen molar-refractivity contribution in [1.29, 1.82) is 0 Å². The highest BCUT2D eigenvalue weighted by atomic mass is 19.4. The van der Waals surface area contributed by atoms with Crippen molar-refractivity contribution in [1.82, 2.24) is 0 Å². The SMILES string of the molecule is CC.NCc1ccc(OC(F)(F)F)cc1. The normalized spacial score (nSPS) is 10.3. The van der Waals surface area contributed by atoms with Crippen molar-refractivity contribution in [2.24, 2.45) is 5.73 Å². The van der Waals surface area contributed by atoms with Gasteiger partial charge in [0.2, 0.25) is 0 Å². The zero-order valence-corrected chi connectivity index (χ0v) is 8.64. The lowest BCUT2D eigenvalue weighted by Gasteiger charge is -2.08. The fraction of sp³-hybridized carbons (Fsp3) is 0.400. The Kier molecular flexibility index (Phi) is 5.77. The first-order valence-corrected chi connectivity index (χ1v) is 4.56. The predicted molar refractivity (Wildman–Crippen MR) is 52.4 cm³/mol. The molecule has 2 N–H and O–H groups in total. The predicted octanol–water partition coefficient (Wildman–Crippen LogP) is 3.07. The van der Waals surface area contributed by atoms with Crippen molar-refractivity contribution in [3.05, 3.63) is 29.8 Å². The number of alkyl halides is 3. The molecule has 1 aromatic carbocycles. The van der Waals surface area contributed by atoms with E-state index < -0.39 is 6.36 Å². The largest absolute Gasteiger partial charge is 0.573 e. The third-order valence-corrected chi connectivity index (χ3v) is 1.39. The summed E-state index contributed by atoms with van der Waals surface area (Å²) in [6.07, 6.45) is -4.63. The summed E-state index contributed by atoms with van der Waals surface area (Å²) >= 11 is 0. The minimum absolute atomic E-state index is 0.232. The van der Waals surface area contributed by atoms with Gasteiger partial charge in [-0.3, -0.25) is 0 Å². The van der Waals surface area contributed by atoms with Crippen LogP contribution in [-0.4, -0.2) is 6.36 Å². The Balaban J connectivity index is 0.000000921. The van der Waals surface area contributed by atoms with Gasteiger partial charge in [-0.25, -0.2) is 0 Å². The molecule has 0 atom stereocenters. The number of hydrogen-bond donors (Lipinski definition) is 1. The summed E-state index contributed by atoms with van der Waals surface area (Å²) in [7, 11) is 0. The second kappa shape index (κ2) is 6.29. The van der Waals surface area contributed by atoms with Crippen molar-refractivity contribution in [2.75, 3.05) is 0 Å². The molecule has 2 nitrogen and oxygen atoms in total. The van der Waals surface area contributed by atoms with Gasteiger partial charge >= 0.3 is 6.36 Å². The van der Waals surface area contributed by atoms with E-state index in [1.165, 1.54) is 24.3 Å². The van der Waals surface area contributed by atoms with Crippen molar-refractivity contribution in [3.63, 3.8) is 0 Å². The minimum atomic E-state index is -4.63. The molecule has 15 heavy (non-hydrogen) atoms. The smallest absolute Gasteiger partial charge is 0.406 e. The van der Waals surface area contributed by atoms with E-state index in [-0.39, 0.29) is 5.75 Å². The second-order valence-electron chi connectivity index (χ2n) is 2.40. The number of halogens is 3. The summed E-state index contributed by atoms with van der Waals surface area (Å²) in [6, 6.07) is 5.44. The molecule has 86 valence electrons. The molecule has 5 heteroatoms. The lowest BCUT2D eigenvalue weighted by molar-refractivity contribution is -0.274. The van der Waals surface area contributed by atoms with Crippen LogP contribution in [0.5, 0.6) is 5.75 Å². The van der Waals surface area contributed by atoms with E-state index in [4.69, 9.17) is 5.73 Å². The number of hydrogen-bond acceptors (Lipinski definition) is 2. The molecule has 0 aliphatic heterocycles. The average Bonchev–Trinajstić information content (AvgIpc) is 2.20. The Bertz CT molecular complexity index is 269. The highest BCUT2D eigenvalue weighted by Gasteiger charge is 2.30. The van der Waals surface area contributed by atoms with Crippen LogP contribution in [0.4, 0.5) is 13.2 Å². The maximum absolute atomic E-state index is 11.7. The molecular weight excluding hydrogens is 207 g/mol. The molecule has 0 aromatic heterocycles. The molecular formula is C10H14F3NO. The Morgan fingerprint density at radius 1 is 1.13 bits per heavy atom. The molecule has 1 aromatic rings. The van der Waals surface area contributed by atoms with Crippen LogP contribution >= 0.6 is 0 Å². The van der Waals surface area contributed by atoms with Gasteiger partial charge < -0.3 is 10.5 Å². The van der Waals surface area contributed by atoms with Crippen molar-refractivity contribution in [3.8, 4) is 5.75 Å². The summed E-state index contributed by atoms with van der Waals surface area (Å²) in [6.45, 7) is 4.30. The fourth-order valence-electron chi connectivity index (χ4n) is 0.827. The molecule has 0 unspecified atom stereocenters. The standard InChI is InChI=1S/C8H8F3NO.C2H6/c9-8(10,11)13-7-3-1-6(5-12)2-4-7;1-2/h1-4H,5,12H2;1-2H3. The van der Waals surface area contributed by atoms with Crippen molar-refractivity contribution in [2.45, 2.75) is 26.8 Å². The number of benzene rings is 1. The van der Waals surface area contributed by atoms with Gasteiger partial charge in [0.25, 0.3) is 0 Å². The van der Waals surface area contributed by atoms with Gasteiger partial charge in [-0.15, -0.1) is 13.2 Å². The Hall–Kier alpha value is -1.23. The van der Waals surface area contributed by atoms with Crippen molar-refractivity contribution < 1.29 is 17.9 Å². The van der Waals surface area contributed by atoms with Crippen LogP contribution in [-0.2, 0) is 6.54 Å². The van der Waals surface area contributed by atoms with E-state index in [9.17, 15) is 13.2 Å². The molecule has 0 spiro atoms. The van der Waals surface area contributed by atoms with Gasteiger partial charge in [0, 0.05) is 6.54 Å². The molecule has 0 saturated heterocycles. The van der Waals surface area contributed by atoms with E-state index in [1.54, 1.807) is 0 Å². The Morgan fingerprint density at radius 2 is 1.60 bits per heavy atom. The summed E-state index contributed by atoms with van der Waals surface area (Å²) in [5.74, 6) is -0.232. The second-order valence-corrected chi connectivity index (χ2v) is 2.40. The van der Waals surface area contributed by atoms with Gasteiger partial charge in [-0.1, -0.05) is 26.0 Å². The summed E-state index contributed by atoms with van der Waals surface area (Å²) in [4.78, 5) is 0. The van der Waals surface area contributed by atoms with Gasteiger partial charge in [-0.05, 0) is 17.7 Å². The quantitative estimate of drug-likeness (QED) is 0.832. The third-order valence-electron chi connectivity index (χ3n) is 1.39. The van der Waals surface area contributed by atoms with E-state index in [2.05, 4.69) is 4.74 Å². The lowest BCUT2D eigenvalue weighted by Crippen LogP contribution is -2.17. The molecule has 0 radical (unpaired) electrons. The minimum Gasteiger partial charge on any atom is -0.406 e. The molecule has 1 rings (SSSR count). The number of nitrogens with two attached hydrogens (primary N) is 1. The molecule has 0 heterocycles. The van der Waals surface area contributed by atoms with Gasteiger partial charge in [0.05, 0.1) is 0 Å². The van der Waals surface area contributed by atoms with Crippen LogP contribution in [0.25, 0.3) is 0 Å². The molecule has 0 amide bonds. The first kappa shape index (κ1) is 13.8. The monoisotopic (exact) mass is 221 g/mol. The van der Waals surface area contributed by atoms with E-state index in [1.807, 2.05) is 13.8 Å². The summed E-state index contributed by atoms with van der Waals surface area (Å²) in [5, 5.41) is 0. The molecule has 0 bridgehead atoms. The molecule has 0 fully saturated rings. The van der Waals surface area contributed by atoms with E-state index >= 15 is 0 Å². The maximum Gasteiger partial charge on any atom is 0.573 e.